The summed E-state index contributed by atoms with van der Waals surface area (Å²) in [5, 5.41) is 8.90. The minimum Gasteiger partial charge on any atom is -0.481 e. The molecule has 8 heteroatoms. The Bertz CT molecular complexity index is 553. The van der Waals surface area contributed by atoms with Gasteiger partial charge in [-0.15, -0.1) is 0 Å². The van der Waals surface area contributed by atoms with Gasteiger partial charge in [0, 0.05) is 39.1 Å². The highest BCUT2D eigenvalue weighted by molar-refractivity contribution is 5.69. The molecule has 3 heterocycles. The Balaban J connectivity index is 1.51. The van der Waals surface area contributed by atoms with Gasteiger partial charge in [0.2, 0.25) is 0 Å². The van der Waals surface area contributed by atoms with E-state index in [2.05, 4.69) is 21.7 Å². The number of ether oxygens (including phenoxy) is 1. The van der Waals surface area contributed by atoms with Gasteiger partial charge in [0.05, 0.1) is 6.54 Å². The second-order valence-corrected chi connectivity index (χ2v) is 9.09. The van der Waals surface area contributed by atoms with Crippen LogP contribution in [-0.2, 0) is 9.53 Å². The number of carbonyl (C=O) groups excluding carboxylic acids is 1. The quantitative estimate of drug-likeness (QED) is 0.621. The third-order valence-corrected chi connectivity index (χ3v) is 6.81. The summed E-state index contributed by atoms with van der Waals surface area (Å²) >= 11 is 0. The molecule has 0 saturated carbocycles. The SMILES string of the molecule is CN1CCC(CCCC2CN(CCCC(=O)O)CCN2C2CN(C)C(=O)O2)CC1. The molecule has 3 fully saturated rings. The number of piperazine rings is 1. The van der Waals surface area contributed by atoms with Crippen molar-refractivity contribution in [3.63, 3.8) is 0 Å². The number of nitrogens with zero attached hydrogens (tertiary/aromatic N) is 4. The molecule has 1 amide bonds. The first kappa shape index (κ1) is 22.3. The van der Waals surface area contributed by atoms with Crippen LogP contribution in [0.3, 0.4) is 0 Å². The van der Waals surface area contributed by atoms with Gasteiger partial charge in [0.15, 0.2) is 6.23 Å². The number of piperidine rings is 1. The van der Waals surface area contributed by atoms with Gasteiger partial charge in [-0.25, -0.2) is 4.79 Å². The summed E-state index contributed by atoms with van der Waals surface area (Å²) in [6.45, 7) is 6.59. The molecule has 0 aromatic heterocycles. The van der Waals surface area contributed by atoms with Gasteiger partial charge in [-0.3, -0.25) is 9.69 Å². The summed E-state index contributed by atoms with van der Waals surface area (Å²) in [7, 11) is 3.99. The predicted molar refractivity (Wildman–Crippen MR) is 111 cm³/mol. The Morgan fingerprint density at radius 1 is 1.07 bits per heavy atom. The van der Waals surface area contributed by atoms with Crippen LogP contribution in [0.2, 0.25) is 0 Å². The minimum atomic E-state index is -0.723. The second-order valence-electron chi connectivity index (χ2n) is 9.09. The van der Waals surface area contributed by atoms with Gasteiger partial charge in [-0.1, -0.05) is 12.8 Å². The van der Waals surface area contributed by atoms with E-state index in [1.807, 2.05) is 0 Å². The molecule has 0 radical (unpaired) electrons. The average Bonchev–Trinajstić information content (AvgIpc) is 3.02. The molecule has 3 saturated heterocycles. The molecular formula is C21H38N4O4. The van der Waals surface area contributed by atoms with Crippen LogP contribution in [0, 0.1) is 5.92 Å². The van der Waals surface area contributed by atoms with Crippen LogP contribution in [0.25, 0.3) is 0 Å². The van der Waals surface area contributed by atoms with Gasteiger partial charge >= 0.3 is 12.1 Å². The van der Waals surface area contributed by atoms with Crippen LogP contribution >= 0.6 is 0 Å². The van der Waals surface area contributed by atoms with Crippen molar-refractivity contribution < 1.29 is 19.4 Å². The summed E-state index contributed by atoms with van der Waals surface area (Å²) in [5.41, 5.74) is 0. The van der Waals surface area contributed by atoms with Crippen molar-refractivity contribution in [2.24, 2.45) is 5.92 Å². The zero-order valence-electron chi connectivity index (χ0n) is 18.1. The number of amides is 1. The van der Waals surface area contributed by atoms with E-state index < -0.39 is 5.97 Å². The monoisotopic (exact) mass is 410 g/mol. The van der Waals surface area contributed by atoms with E-state index in [1.165, 1.54) is 38.8 Å². The van der Waals surface area contributed by atoms with Crippen molar-refractivity contribution in [3.8, 4) is 0 Å². The number of carbonyl (C=O) groups is 2. The molecule has 2 atom stereocenters. The Labute approximate surface area is 174 Å². The van der Waals surface area contributed by atoms with Crippen molar-refractivity contribution in [1.29, 1.82) is 0 Å². The first-order valence-corrected chi connectivity index (χ1v) is 11.2. The molecular weight excluding hydrogens is 372 g/mol. The van der Waals surface area contributed by atoms with E-state index >= 15 is 0 Å². The maximum absolute atomic E-state index is 11.9. The van der Waals surface area contributed by atoms with E-state index in [-0.39, 0.29) is 18.7 Å². The van der Waals surface area contributed by atoms with Crippen molar-refractivity contribution >= 4 is 12.1 Å². The fourth-order valence-electron chi connectivity index (χ4n) is 4.94. The smallest absolute Gasteiger partial charge is 0.411 e. The molecule has 0 aromatic carbocycles. The minimum absolute atomic E-state index is 0.151. The zero-order chi connectivity index (χ0) is 20.8. The number of rotatable bonds is 9. The van der Waals surface area contributed by atoms with Gasteiger partial charge in [0.1, 0.15) is 0 Å². The van der Waals surface area contributed by atoms with E-state index in [4.69, 9.17) is 9.84 Å². The summed E-state index contributed by atoms with van der Waals surface area (Å²) in [6.07, 6.45) is 6.74. The molecule has 2 unspecified atom stereocenters. The van der Waals surface area contributed by atoms with Gasteiger partial charge in [-0.05, 0) is 58.3 Å². The summed E-state index contributed by atoms with van der Waals surface area (Å²) in [5.74, 6) is 0.115. The van der Waals surface area contributed by atoms with Crippen LogP contribution < -0.4 is 0 Å². The largest absolute Gasteiger partial charge is 0.481 e. The highest BCUT2D eigenvalue weighted by atomic mass is 16.6. The average molecular weight is 411 g/mol. The first-order chi connectivity index (χ1) is 13.9. The molecule has 1 N–H and O–H groups in total. The van der Waals surface area contributed by atoms with E-state index in [0.29, 0.717) is 19.0 Å². The lowest BCUT2D eigenvalue weighted by Crippen LogP contribution is -2.57. The number of aliphatic carboxylic acids is 1. The van der Waals surface area contributed by atoms with Gasteiger partial charge in [0.25, 0.3) is 0 Å². The van der Waals surface area contributed by atoms with Crippen LogP contribution in [-0.4, -0.2) is 109 Å². The fourth-order valence-corrected chi connectivity index (χ4v) is 4.94. The molecule has 3 rings (SSSR count). The topological polar surface area (TPSA) is 76.6 Å². The number of carboxylic acids is 1. The number of hydrogen-bond donors (Lipinski definition) is 1. The lowest BCUT2D eigenvalue weighted by atomic mass is 9.90. The number of likely N-dealkylation sites (N-methyl/N-ethyl adjacent to an activating group) is 1. The predicted octanol–water partition coefficient (Wildman–Crippen LogP) is 1.76. The first-order valence-electron chi connectivity index (χ1n) is 11.2. The van der Waals surface area contributed by atoms with Crippen molar-refractivity contribution in [2.75, 3.05) is 59.9 Å². The van der Waals surface area contributed by atoms with Crippen molar-refractivity contribution in [2.45, 2.75) is 57.2 Å². The van der Waals surface area contributed by atoms with E-state index in [1.54, 1.807) is 11.9 Å². The highest BCUT2D eigenvalue weighted by Crippen LogP contribution is 2.26. The second kappa shape index (κ2) is 10.6. The molecule has 3 aliphatic heterocycles. The van der Waals surface area contributed by atoms with Crippen LogP contribution in [0.15, 0.2) is 0 Å². The maximum atomic E-state index is 11.9. The van der Waals surface area contributed by atoms with Crippen LogP contribution in [0.5, 0.6) is 0 Å². The highest BCUT2D eigenvalue weighted by Gasteiger charge is 2.38. The Morgan fingerprint density at radius 2 is 1.83 bits per heavy atom. The van der Waals surface area contributed by atoms with Crippen molar-refractivity contribution in [1.82, 2.24) is 19.6 Å². The number of hydrogen-bond acceptors (Lipinski definition) is 6. The van der Waals surface area contributed by atoms with Gasteiger partial charge < -0.3 is 24.5 Å². The molecule has 0 aromatic rings. The molecule has 0 aliphatic carbocycles. The Hall–Kier alpha value is -1.38. The number of likely N-dealkylation sites (tertiary alicyclic amines) is 1. The Morgan fingerprint density at radius 3 is 2.48 bits per heavy atom. The number of cyclic esters (lactones) is 1. The third-order valence-electron chi connectivity index (χ3n) is 6.81. The van der Waals surface area contributed by atoms with Crippen molar-refractivity contribution in [3.05, 3.63) is 0 Å². The standard InChI is InChI=1S/C21H38N4O4/c1-22-11-8-17(9-12-22)5-3-6-18-15-24(10-4-7-20(26)27)13-14-25(18)19-16-23(2)21(28)29-19/h17-19H,3-16H2,1-2H3,(H,26,27). The maximum Gasteiger partial charge on any atom is 0.411 e. The molecule has 29 heavy (non-hydrogen) atoms. The zero-order valence-corrected chi connectivity index (χ0v) is 18.1. The third kappa shape index (κ3) is 6.55. The fraction of sp³-hybridized carbons (Fsp3) is 0.905. The summed E-state index contributed by atoms with van der Waals surface area (Å²) in [6, 6.07) is 0.365. The molecule has 8 nitrogen and oxygen atoms in total. The van der Waals surface area contributed by atoms with Gasteiger partial charge in [-0.2, -0.15) is 0 Å². The van der Waals surface area contributed by atoms with E-state index in [0.717, 1.165) is 38.5 Å². The molecule has 3 aliphatic rings. The number of carboxylic acid groups (broad SMARTS) is 1. The molecule has 166 valence electrons. The summed E-state index contributed by atoms with van der Waals surface area (Å²) < 4.78 is 5.61. The molecule has 0 bridgehead atoms. The Kier molecular flexibility index (Phi) is 8.15. The lowest BCUT2D eigenvalue weighted by molar-refractivity contribution is -0.137. The summed E-state index contributed by atoms with van der Waals surface area (Å²) in [4.78, 5) is 31.5. The van der Waals surface area contributed by atoms with Crippen LogP contribution in [0.4, 0.5) is 4.79 Å². The van der Waals surface area contributed by atoms with E-state index in [9.17, 15) is 9.59 Å². The lowest BCUT2D eigenvalue weighted by Gasteiger charge is -2.43. The van der Waals surface area contributed by atoms with Crippen LogP contribution in [0.1, 0.15) is 44.9 Å². The molecule has 0 spiro atoms. The normalized spacial score (nSPS) is 28.1.